The number of halogens is 3. The van der Waals surface area contributed by atoms with Crippen LogP contribution in [0.5, 0.6) is 5.75 Å². The molecule has 0 radical (unpaired) electrons. The van der Waals surface area contributed by atoms with Crippen LogP contribution in [-0.2, 0) is 20.7 Å². The monoisotopic (exact) mass is 335 g/mol. The summed E-state index contributed by atoms with van der Waals surface area (Å²) in [7, 11) is 1.31. The van der Waals surface area contributed by atoms with Gasteiger partial charge in [-0.2, -0.15) is 0 Å². The van der Waals surface area contributed by atoms with E-state index in [1.807, 2.05) is 0 Å². The summed E-state index contributed by atoms with van der Waals surface area (Å²) in [6.07, 6.45) is -4.51. The van der Waals surface area contributed by atoms with Crippen molar-refractivity contribution < 1.29 is 37.3 Å². The Bertz CT molecular complexity index is 530. The lowest BCUT2D eigenvalue weighted by Crippen LogP contribution is -2.43. The summed E-state index contributed by atoms with van der Waals surface area (Å²) in [6.45, 7) is -0.162. The standard InChI is InChI=1S/C14H16F3NO5/c1-22-8-11(13(20)21)18-12(19)7-4-9-2-5-10(6-3-9)23-14(15,16)17/h2-3,5-6,11H,4,7-8H2,1H3,(H,18,19)(H,20,21). The number of hydrogen-bond acceptors (Lipinski definition) is 4. The number of rotatable bonds is 8. The SMILES string of the molecule is COCC(NC(=O)CCc1ccc(OC(F)(F)F)cc1)C(=O)O. The van der Waals surface area contributed by atoms with Crippen LogP contribution in [0.1, 0.15) is 12.0 Å². The third kappa shape index (κ3) is 7.50. The maximum atomic E-state index is 12.0. The average Bonchev–Trinajstić information content (AvgIpc) is 2.44. The molecule has 23 heavy (non-hydrogen) atoms. The number of carbonyl (C=O) groups is 2. The molecule has 2 N–H and O–H groups in total. The predicted octanol–water partition coefficient (Wildman–Crippen LogP) is 1.73. The second-order valence-corrected chi connectivity index (χ2v) is 4.61. The number of carboxylic acids is 1. The molecule has 1 atom stereocenters. The first-order valence-corrected chi connectivity index (χ1v) is 6.57. The highest BCUT2D eigenvalue weighted by molar-refractivity contribution is 5.83. The summed E-state index contributed by atoms with van der Waals surface area (Å²) in [4.78, 5) is 22.5. The second kappa shape index (κ2) is 8.37. The highest BCUT2D eigenvalue weighted by Gasteiger charge is 2.30. The molecule has 9 heteroatoms. The van der Waals surface area contributed by atoms with E-state index in [1.165, 1.54) is 19.2 Å². The van der Waals surface area contributed by atoms with E-state index < -0.39 is 24.3 Å². The second-order valence-electron chi connectivity index (χ2n) is 4.61. The van der Waals surface area contributed by atoms with Gasteiger partial charge in [0.05, 0.1) is 6.61 Å². The molecule has 0 bridgehead atoms. The number of aliphatic carboxylic acids is 1. The topological polar surface area (TPSA) is 84.9 Å². The van der Waals surface area contributed by atoms with E-state index >= 15 is 0 Å². The van der Waals surface area contributed by atoms with Gasteiger partial charge in [0.25, 0.3) is 0 Å². The Morgan fingerprint density at radius 2 is 1.87 bits per heavy atom. The van der Waals surface area contributed by atoms with E-state index in [4.69, 9.17) is 5.11 Å². The zero-order valence-corrected chi connectivity index (χ0v) is 12.2. The molecule has 0 aliphatic heterocycles. The summed E-state index contributed by atoms with van der Waals surface area (Å²) in [5, 5.41) is 11.2. The summed E-state index contributed by atoms with van der Waals surface area (Å²) < 4.78 is 44.4. The number of carbonyl (C=O) groups excluding carboxylic acids is 1. The van der Waals surface area contributed by atoms with E-state index in [-0.39, 0.29) is 25.2 Å². The molecule has 0 fully saturated rings. The number of methoxy groups -OCH3 is 1. The number of aryl methyl sites for hydroxylation is 1. The Kier molecular flexibility index (Phi) is 6.83. The minimum atomic E-state index is -4.76. The largest absolute Gasteiger partial charge is 0.573 e. The van der Waals surface area contributed by atoms with E-state index in [0.717, 1.165) is 12.1 Å². The van der Waals surface area contributed by atoms with Crippen LogP contribution in [0.3, 0.4) is 0 Å². The number of hydrogen-bond donors (Lipinski definition) is 2. The lowest BCUT2D eigenvalue weighted by atomic mass is 10.1. The highest BCUT2D eigenvalue weighted by atomic mass is 19.4. The third-order valence-corrected chi connectivity index (χ3v) is 2.76. The predicted molar refractivity (Wildman–Crippen MR) is 72.9 cm³/mol. The van der Waals surface area contributed by atoms with Crippen molar-refractivity contribution in [1.82, 2.24) is 5.32 Å². The number of carboxylic acid groups (broad SMARTS) is 1. The van der Waals surface area contributed by atoms with Gasteiger partial charge in [-0.05, 0) is 24.1 Å². The Hall–Kier alpha value is -2.29. The van der Waals surface area contributed by atoms with Crippen LogP contribution >= 0.6 is 0 Å². The Balaban J connectivity index is 2.48. The van der Waals surface area contributed by atoms with Crippen LogP contribution in [0.25, 0.3) is 0 Å². The van der Waals surface area contributed by atoms with Gasteiger partial charge in [-0.1, -0.05) is 12.1 Å². The molecule has 0 saturated carbocycles. The summed E-state index contributed by atoms with van der Waals surface area (Å²) in [6, 6.07) is 3.95. The molecule has 1 unspecified atom stereocenters. The quantitative estimate of drug-likeness (QED) is 0.756. The van der Waals surface area contributed by atoms with Gasteiger partial charge in [0.15, 0.2) is 6.04 Å². The maximum absolute atomic E-state index is 12.0. The summed E-state index contributed by atoms with van der Waals surface area (Å²) in [5.74, 6) is -2.06. The molecule has 0 aliphatic carbocycles. The van der Waals surface area contributed by atoms with Crippen molar-refractivity contribution in [3.8, 4) is 5.75 Å². The van der Waals surface area contributed by atoms with Gasteiger partial charge in [0.1, 0.15) is 5.75 Å². The Labute approximate surface area is 130 Å². The minimum Gasteiger partial charge on any atom is -0.480 e. The van der Waals surface area contributed by atoms with Crippen LogP contribution in [0.2, 0.25) is 0 Å². The first-order chi connectivity index (χ1) is 10.7. The van der Waals surface area contributed by atoms with Gasteiger partial charge in [-0.3, -0.25) is 4.79 Å². The molecular formula is C14H16F3NO5. The fourth-order valence-electron chi connectivity index (χ4n) is 1.72. The van der Waals surface area contributed by atoms with Gasteiger partial charge < -0.3 is 19.9 Å². The molecule has 0 heterocycles. The third-order valence-electron chi connectivity index (χ3n) is 2.76. The van der Waals surface area contributed by atoms with Crippen LogP contribution in [0.15, 0.2) is 24.3 Å². The molecule has 1 aromatic rings. The minimum absolute atomic E-state index is 0.00698. The van der Waals surface area contributed by atoms with Gasteiger partial charge in [0.2, 0.25) is 5.91 Å². The number of ether oxygens (including phenoxy) is 2. The van der Waals surface area contributed by atoms with Crippen molar-refractivity contribution in [3.63, 3.8) is 0 Å². The van der Waals surface area contributed by atoms with Crippen LogP contribution < -0.4 is 10.1 Å². The smallest absolute Gasteiger partial charge is 0.480 e. The molecule has 0 aliphatic rings. The van der Waals surface area contributed by atoms with Crippen molar-refractivity contribution in [3.05, 3.63) is 29.8 Å². The Morgan fingerprint density at radius 3 is 2.35 bits per heavy atom. The zero-order valence-electron chi connectivity index (χ0n) is 12.2. The molecule has 1 aromatic carbocycles. The fraction of sp³-hybridized carbons (Fsp3) is 0.429. The van der Waals surface area contributed by atoms with Gasteiger partial charge in [0, 0.05) is 13.5 Å². The maximum Gasteiger partial charge on any atom is 0.573 e. The number of alkyl halides is 3. The van der Waals surface area contributed by atoms with Crippen molar-refractivity contribution >= 4 is 11.9 Å². The molecule has 128 valence electrons. The lowest BCUT2D eigenvalue weighted by molar-refractivity contribution is -0.274. The van der Waals surface area contributed by atoms with Crippen LogP contribution in [0, 0.1) is 0 Å². The molecule has 0 spiro atoms. The fourth-order valence-corrected chi connectivity index (χ4v) is 1.72. The molecule has 0 aromatic heterocycles. The summed E-state index contributed by atoms with van der Waals surface area (Å²) >= 11 is 0. The van der Waals surface area contributed by atoms with Gasteiger partial charge in [-0.25, -0.2) is 4.79 Å². The van der Waals surface area contributed by atoms with Crippen molar-refractivity contribution in [1.29, 1.82) is 0 Å². The molecule has 0 saturated heterocycles. The molecule has 1 amide bonds. The average molecular weight is 335 g/mol. The first kappa shape index (κ1) is 18.8. The van der Waals surface area contributed by atoms with Crippen LogP contribution in [0.4, 0.5) is 13.2 Å². The number of benzene rings is 1. The lowest BCUT2D eigenvalue weighted by Gasteiger charge is -2.13. The number of amides is 1. The van der Waals surface area contributed by atoms with Crippen molar-refractivity contribution in [2.45, 2.75) is 25.2 Å². The van der Waals surface area contributed by atoms with Crippen LogP contribution in [-0.4, -0.2) is 43.1 Å². The van der Waals surface area contributed by atoms with Crippen molar-refractivity contribution in [2.75, 3.05) is 13.7 Å². The van der Waals surface area contributed by atoms with E-state index in [2.05, 4.69) is 14.8 Å². The molecule has 6 nitrogen and oxygen atoms in total. The number of nitrogens with one attached hydrogen (secondary N) is 1. The van der Waals surface area contributed by atoms with E-state index in [9.17, 15) is 22.8 Å². The highest BCUT2D eigenvalue weighted by Crippen LogP contribution is 2.22. The Morgan fingerprint density at radius 1 is 1.26 bits per heavy atom. The first-order valence-electron chi connectivity index (χ1n) is 6.57. The zero-order chi connectivity index (χ0) is 17.5. The van der Waals surface area contributed by atoms with E-state index in [0.29, 0.717) is 5.56 Å². The molecular weight excluding hydrogens is 319 g/mol. The van der Waals surface area contributed by atoms with Gasteiger partial charge >= 0.3 is 12.3 Å². The van der Waals surface area contributed by atoms with Gasteiger partial charge in [-0.15, -0.1) is 13.2 Å². The summed E-state index contributed by atoms with van der Waals surface area (Å²) in [5.41, 5.74) is 0.619. The normalized spacial score (nSPS) is 12.5. The molecule has 1 rings (SSSR count). The van der Waals surface area contributed by atoms with E-state index in [1.54, 1.807) is 0 Å². The van der Waals surface area contributed by atoms with Crippen molar-refractivity contribution in [2.24, 2.45) is 0 Å².